The lowest BCUT2D eigenvalue weighted by molar-refractivity contribution is 0.491. The molecule has 0 aliphatic heterocycles. The molecule has 0 atom stereocenters. The van der Waals surface area contributed by atoms with Crippen LogP contribution in [-0.4, -0.2) is 0 Å². The van der Waals surface area contributed by atoms with Gasteiger partial charge in [-0.05, 0) is 29.7 Å². The van der Waals surface area contributed by atoms with E-state index in [0.717, 1.165) is 16.5 Å². The molecule has 0 aliphatic rings. The number of rotatable bonds is 2. The summed E-state index contributed by atoms with van der Waals surface area (Å²) in [5, 5.41) is 11.0. The van der Waals surface area contributed by atoms with Crippen molar-refractivity contribution in [3.05, 3.63) is 66.2 Å². The Labute approximate surface area is 116 Å². The van der Waals surface area contributed by atoms with E-state index < -0.39 is 0 Å². The van der Waals surface area contributed by atoms with Crippen molar-refractivity contribution in [2.75, 3.05) is 5.73 Å². The van der Waals surface area contributed by atoms with Gasteiger partial charge in [0, 0.05) is 5.39 Å². The maximum absolute atomic E-state index is 8.84. The summed E-state index contributed by atoms with van der Waals surface area (Å²) in [5.74, 6) is 1.31. The number of hydrogen-bond acceptors (Lipinski definition) is 3. The number of fused-ring (bicyclic) bond motifs is 1. The van der Waals surface area contributed by atoms with Gasteiger partial charge in [0.1, 0.15) is 11.5 Å². The summed E-state index contributed by atoms with van der Waals surface area (Å²) in [5.41, 5.74) is 6.89. The van der Waals surface area contributed by atoms with Crippen LogP contribution in [0, 0.1) is 11.3 Å². The Balaban J connectivity index is 2.04. The Bertz CT molecular complexity index is 813. The summed E-state index contributed by atoms with van der Waals surface area (Å²) >= 11 is 0. The standard InChI is InChI=1S/C17H12N2O/c18-11-12-8-9-17(15(19)10-12)20-16-7-3-5-13-4-1-2-6-14(13)16/h1-10H,19H2. The van der Waals surface area contributed by atoms with E-state index >= 15 is 0 Å². The number of nitrogens with zero attached hydrogens (tertiary/aromatic N) is 1. The first kappa shape index (κ1) is 12.1. The van der Waals surface area contributed by atoms with Crippen LogP contribution in [0.3, 0.4) is 0 Å². The second-order valence-electron chi connectivity index (χ2n) is 4.44. The highest BCUT2D eigenvalue weighted by Crippen LogP contribution is 2.32. The van der Waals surface area contributed by atoms with Crippen molar-refractivity contribution >= 4 is 16.5 Å². The summed E-state index contributed by atoms with van der Waals surface area (Å²) in [6.07, 6.45) is 0. The molecule has 0 aromatic heterocycles. The predicted molar refractivity (Wildman–Crippen MR) is 79.6 cm³/mol. The number of benzene rings is 3. The lowest BCUT2D eigenvalue weighted by Crippen LogP contribution is -1.93. The van der Waals surface area contributed by atoms with Crippen LogP contribution in [0.1, 0.15) is 5.56 Å². The van der Waals surface area contributed by atoms with Gasteiger partial charge in [0.25, 0.3) is 0 Å². The third-order valence-electron chi connectivity index (χ3n) is 3.11. The number of nitrogen functional groups attached to an aromatic ring is 1. The molecule has 96 valence electrons. The number of anilines is 1. The molecule has 3 nitrogen and oxygen atoms in total. The number of ether oxygens (including phenoxy) is 1. The Morgan fingerprint density at radius 3 is 2.50 bits per heavy atom. The van der Waals surface area contributed by atoms with E-state index in [2.05, 4.69) is 6.07 Å². The van der Waals surface area contributed by atoms with E-state index in [4.69, 9.17) is 15.7 Å². The van der Waals surface area contributed by atoms with Gasteiger partial charge in [-0.25, -0.2) is 0 Å². The molecule has 3 heteroatoms. The fraction of sp³-hybridized carbons (Fsp3) is 0. The fourth-order valence-electron chi connectivity index (χ4n) is 2.11. The van der Waals surface area contributed by atoms with Crippen molar-refractivity contribution in [1.29, 1.82) is 5.26 Å². The van der Waals surface area contributed by atoms with Gasteiger partial charge in [-0.1, -0.05) is 36.4 Å². The van der Waals surface area contributed by atoms with Crippen LogP contribution < -0.4 is 10.5 Å². The zero-order chi connectivity index (χ0) is 13.9. The molecule has 2 N–H and O–H groups in total. The average molecular weight is 260 g/mol. The van der Waals surface area contributed by atoms with Crippen molar-refractivity contribution in [2.24, 2.45) is 0 Å². The molecule has 3 rings (SSSR count). The van der Waals surface area contributed by atoms with Gasteiger partial charge in [0.2, 0.25) is 0 Å². The summed E-state index contributed by atoms with van der Waals surface area (Å²) in [7, 11) is 0. The number of hydrogen-bond donors (Lipinski definition) is 1. The zero-order valence-corrected chi connectivity index (χ0v) is 10.7. The molecule has 0 unspecified atom stereocenters. The molecule has 20 heavy (non-hydrogen) atoms. The van der Waals surface area contributed by atoms with E-state index in [0.29, 0.717) is 17.0 Å². The SMILES string of the molecule is N#Cc1ccc(Oc2cccc3ccccc23)c(N)c1. The molecule has 0 radical (unpaired) electrons. The highest BCUT2D eigenvalue weighted by atomic mass is 16.5. The highest BCUT2D eigenvalue weighted by Gasteiger charge is 2.06. The van der Waals surface area contributed by atoms with Crippen molar-refractivity contribution in [2.45, 2.75) is 0 Å². The Morgan fingerprint density at radius 2 is 1.70 bits per heavy atom. The summed E-state index contributed by atoms with van der Waals surface area (Å²) < 4.78 is 5.89. The van der Waals surface area contributed by atoms with Crippen LogP contribution in [0.2, 0.25) is 0 Å². The van der Waals surface area contributed by atoms with Crippen LogP contribution in [-0.2, 0) is 0 Å². The van der Waals surface area contributed by atoms with Gasteiger partial charge in [0.15, 0.2) is 0 Å². The van der Waals surface area contributed by atoms with E-state index in [1.807, 2.05) is 42.5 Å². The number of nitriles is 1. The maximum Gasteiger partial charge on any atom is 0.150 e. The van der Waals surface area contributed by atoms with Gasteiger partial charge < -0.3 is 10.5 Å². The first-order chi connectivity index (χ1) is 9.78. The lowest BCUT2D eigenvalue weighted by Gasteiger charge is -2.11. The van der Waals surface area contributed by atoms with Crippen LogP contribution in [0.5, 0.6) is 11.5 Å². The second-order valence-corrected chi connectivity index (χ2v) is 4.44. The monoisotopic (exact) mass is 260 g/mol. The minimum absolute atomic E-state index is 0.456. The van der Waals surface area contributed by atoms with E-state index in [1.54, 1.807) is 18.2 Å². The smallest absolute Gasteiger partial charge is 0.150 e. The van der Waals surface area contributed by atoms with Crippen LogP contribution in [0.15, 0.2) is 60.7 Å². The van der Waals surface area contributed by atoms with E-state index in [-0.39, 0.29) is 0 Å². The van der Waals surface area contributed by atoms with E-state index in [1.165, 1.54) is 0 Å². The molecule has 0 bridgehead atoms. The molecule has 3 aromatic carbocycles. The minimum Gasteiger partial charge on any atom is -0.455 e. The third-order valence-corrected chi connectivity index (χ3v) is 3.11. The van der Waals surface area contributed by atoms with Crippen LogP contribution in [0.4, 0.5) is 5.69 Å². The predicted octanol–water partition coefficient (Wildman–Crippen LogP) is 4.09. The van der Waals surface area contributed by atoms with Crippen molar-refractivity contribution in [3.63, 3.8) is 0 Å². The largest absolute Gasteiger partial charge is 0.455 e. The molecule has 0 fully saturated rings. The van der Waals surface area contributed by atoms with Gasteiger partial charge in [0.05, 0.1) is 17.3 Å². The summed E-state index contributed by atoms with van der Waals surface area (Å²) in [6.45, 7) is 0. The zero-order valence-electron chi connectivity index (χ0n) is 10.7. The second kappa shape index (κ2) is 4.94. The molecule has 0 aliphatic carbocycles. The van der Waals surface area contributed by atoms with Gasteiger partial charge in [-0.2, -0.15) is 5.26 Å². The van der Waals surface area contributed by atoms with Crippen LogP contribution >= 0.6 is 0 Å². The van der Waals surface area contributed by atoms with Gasteiger partial charge >= 0.3 is 0 Å². The molecule has 0 heterocycles. The van der Waals surface area contributed by atoms with Gasteiger partial charge in [-0.3, -0.25) is 0 Å². The summed E-state index contributed by atoms with van der Waals surface area (Å²) in [4.78, 5) is 0. The minimum atomic E-state index is 0.456. The van der Waals surface area contributed by atoms with Crippen LogP contribution in [0.25, 0.3) is 10.8 Å². The first-order valence-corrected chi connectivity index (χ1v) is 6.23. The molecule has 0 saturated heterocycles. The number of nitrogens with two attached hydrogens (primary N) is 1. The lowest BCUT2D eigenvalue weighted by atomic mass is 10.1. The quantitative estimate of drug-likeness (QED) is 0.706. The Morgan fingerprint density at radius 1 is 0.900 bits per heavy atom. The molecule has 0 amide bonds. The molecule has 0 spiro atoms. The molecular formula is C17H12N2O. The van der Waals surface area contributed by atoms with Crippen molar-refractivity contribution in [1.82, 2.24) is 0 Å². The first-order valence-electron chi connectivity index (χ1n) is 6.23. The third kappa shape index (κ3) is 2.15. The van der Waals surface area contributed by atoms with Crippen molar-refractivity contribution < 1.29 is 4.74 Å². The van der Waals surface area contributed by atoms with E-state index in [9.17, 15) is 0 Å². The molecule has 0 saturated carbocycles. The Kier molecular flexibility index (Phi) is 2.98. The van der Waals surface area contributed by atoms with Gasteiger partial charge in [-0.15, -0.1) is 0 Å². The normalized spacial score (nSPS) is 10.2. The maximum atomic E-state index is 8.84. The molecule has 3 aromatic rings. The average Bonchev–Trinajstić information content (AvgIpc) is 2.49. The highest BCUT2D eigenvalue weighted by molar-refractivity contribution is 5.88. The topological polar surface area (TPSA) is 59.0 Å². The summed E-state index contributed by atoms with van der Waals surface area (Å²) in [6, 6.07) is 20.9. The molecular weight excluding hydrogens is 248 g/mol. The van der Waals surface area contributed by atoms with Crippen molar-refractivity contribution in [3.8, 4) is 17.6 Å². The Hall–Kier alpha value is -2.99. The fourth-order valence-corrected chi connectivity index (χ4v) is 2.11.